The van der Waals surface area contributed by atoms with Crippen LogP contribution < -0.4 is 0 Å². The van der Waals surface area contributed by atoms with Crippen molar-refractivity contribution < 1.29 is 13.9 Å². The molecule has 1 atom stereocenters. The Labute approximate surface area is 144 Å². The number of benzene rings is 1. The number of nitrogens with zero attached hydrogens (tertiary/aromatic N) is 3. The van der Waals surface area contributed by atoms with Gasteiger partial charge in [-0.2, -0.15) is 0 Å². The molecule has 0 radical (unpaired) electrons. The van der Waals surface area contributed by atoms with Crippen molar-refractivity contribution in [1.82, 2.24) is 14.7 Å². The molecule has 0 unspecified atom stereocenters. The van der Waals surface area contributed by atoms with Crippen LogP contribution in [0, 0.1) is 10.8 Å². The molecular formula is C15H18ClN3O3S. The lowest BCUT2D eigenvalue weighted by atomic mass is 10.2. The van der Waals surface area contributed by atoms with Crippen molar-refractivity contribution in [2.75, 3.05) is 20.7 Å². The fraction of sp³-hybridized carbons (Fsp3) is 0.400. The number of halogens is 1. The fourth-order valence-electron chi connectivity index (χ4n) is 2.13. The van der Waals surface area contributed by atoms with Crippen LogP contribution in [0.2, 0.25) is 5.02 Å². The highest BCUT2D eigenvalue weighted by Gasteiger charge is 2.17. The second-order valence-corrected chi connectivity index (χ2v) is 6.07. The highest BCUT2D eigenvalue weighted by atomic mass is 35.5. The molecule has 0 fully saturated rings. The molecule has 0 bridgehead atoms. The van der Waals surface area contributed by atoms with Crippen LogP contribution in [-0.4, -0.2) is 41.4 Å². The van der Waals surface area contributed by atoms with Gasteiger partial charge in [-0.05, 0) is 43.5 Å². The minimum atomic E-state index is -0.248. The Balaban J connectivity index is 2.08. The standard InChI is InChI=1S/C15H18ClN3O3S/c1-10(14(20)21-3)8-18(2)9-19-15(23)22-13(17-19)11-4-6-12(16)7-5-11/h4-7,10H,8-9H2,1-3H3/t10-/m0/s1. The van der Waals surface area contributed by atoms with Gasteiger partial charge in [-0.15, -0.1) is 5.10 Å². The number of hydrogen-bond donors (Lipinski definition) is 0. The normalized spacial score (nSPS) is 12.4. The number of esters is 1. The second-order valence-electron chi connectivity index (χ2n) is 5.28. The lowest BCUT2D eigenvalue weighted by Gasteiger charge is -2.19. The van der Waals surface area contributed by atoms with Gasteiger partial charge in [0.1, 0.15) is 0 Å². The molecule has 0 aliphatic heterocycles. The zero-order valence-corrected chi connectivity index (χ0v) is 14.7. The summed E-state index contributed by atoms with van der Waals surface area (Å²) in [5, 5.41) is 5.01. The molecule has 2 rings (SSSR count). The fourth-order valence-corrected chi connectivity index (χ4v) is 2.44. The van der Waals surface area contributed by atoms with E-state index in [-0.39, 0.29) is 16.7 Å². The quantitative estimate of drug-likeness (QED) is 0.585. The molecular weight excluding hydrogens is 338 g/mol. The van der Waals surface area contributed by atoms with E-state index in [1.165, 1.54) is 7.11 Å². The largest absolute Gasteiger partial charge is 0.469 e. The molecule has 2 aromatic rings. The molecule has 0 saturated heterocycles. The van der Waals surface area contributed by atoms with Gasteiger partial charge >= 0.3 is 5.97 Å². The number of ether oxygens (including phenoxy) is 1. The molecule has 0 amide bonds. The first kappa shape index (κ1) is 17.7. The van der Waals surface area contributed by atoms with E-state index in [4.69, 9.17) is 33.0 Å². The van der Waals surface area contributed by atoms with E-state index in [0.717, 1.165) is 5.56 Å². The second kappa shape index (κ2) is 7.72. The Kier molecular flexibility index (Phi) is 5.92. The molecule has 124 valence electrons. The minimum absolute atomic E-state index is 0.234. The molecule has 0 aliphatic rings. The Bertz CT molecular complexity index is 726. The van der Waals surface area contributed by atoms with Crippen LogP contribution in [0.1, 0.15) is 6.92 Å². The average Bonchev–Trinajstić information content (AvgIpc) is 2.87. The number of rotatable bonds is 6. The molecule has 0 saturated carbocycles. The zero-order valence-electron chi connectivity index (χ0n) is 13.2. The Morgan fingerprint density at radius 1 is 1.48 bits per heavy atom. The maximum atomic E-state index is 11.5. The summed E-state index contributed by atoms with van der Waals surface area (Å²) in [6.07, 6.45) is 0. The number of aromatic nitrogens is 2. The highest BCUT2D eigenvalue weighted by Crippen LogP contribution is 2.20. The number of methoxy groups -OCH3 is 1. The maximum absolute atomic E-state index is 11.5. The summed E-state index contributed by atoms with van der Waals surface area (Å²) >= 11 is 11.1. The van der Waals surface area contributed by atoms with Crippen molar-refractivity contribution >= 4 is 29.8 Å². The van der Waals surface area contributed by atoms with E-state index in [9.17, 15) is 4.79 Å². The molecule has 6 nitrogen and oxygen atoms in total. The Hall–Kier alpha value is -1.70. The van der Waals surface area contributed by atoms with E-state index in [1.807, 2.05) is 31.0 Å². The van der Waals surface area contributed by atoms with E-state index in [2.05, 4.69) is 5.10 Å². The van der Waals surface area contributed by atoms with Crippen molar-refractivity contribution in [2.24, 2.45) is 5.92 Å². The third-order valence-electron chi connectivity index (χ3n) is 3.26. The van der Waals surface area contributed by atoms with Gasteiger partial charge in [0, 0.05) is 17.1 Å². The van der Waals surface area contributed by atoms with Crippen molar-refractivity contribution in [1.29, 1.82) is 0 Å². The molecule has 1 heterocycles. The monoisotopic (exact) mass is 355 g/mol. The van der Waals surface area contributed by atoms with Crippen LogP contribution in [-0.2, 0) is 16.2 Å². The zero-order chi connectivity index (χ0) is 17.0. The predicted octanol–water partition coefficient (Wildman–Crippen LogP) is 3.22. The van der Waals surface area contributed by atoms with Gasteiger partial charge in [0.25, 0.3) is 4.84 Å². The molecule has 0 spiro atoms. The van der Waals surface area contributed by atoms with Gasteiger partial charge in [-0.1, -0.05) is 18.5 Å². The van der Waals surface area contributed by atoms with Gasteiger partial charge < -0.3 is 9.15 Å². The van der Waals surface area contributed by atoms with Gasteiger partial charge in [-0.3, -0.25) is 9.69 Å². The van der Waals surface area contributed by atoms with Crippen LogP contribution in [0.5, 0.6) is 0 Å². The lowest BCUT2D eigenvalue weighted by Crippen LogP contribution is -2.31. The summed E-state index contributed by atoms with van der Waals surface area (Å²) in [4.78, 5) is 13.7. The van der Waals surface area contributed by atoms with Crippen LogP contribution in [0.4, 0.5) is 0 Å². The summed E-state index contributed by atoms with van der Waals surface area (Å²) in [6.45, 7) is 2.75. The molecule has 1 aromatic heterocycles. The molecule has 0 aliphatic carbocycles. The van der Waals surface area contributed by atoms with Crippen molar-refractivity contribution in [3.8, 4) is 11.5 Å². The third-order valence-corrected chi connectivity index (χ3v) is 3.81. The Morgan fingerprint density at radius 3 is 2.74 bits per heavy atom. The van der Waals surface area contributed by atoms with E-state index < -0.39 is 0 Å². The van der Waals surface area contributed by atoms with Crippen LogP contribution in [0.15, 0.2) is 28.7 Å². The van der Waals surface area contributed by atoms with Gasteiger partial charge in [-0.25, -0.2) is 4.68 Å². The third kappa shape index (κ3) is 4.63. The summed E-state index contributed by atoms with van der Waals surface area (Å²) in [6, 6.07) is 7.16. The first-order chi connectivity index (χ1) is 10.9. The predicted molar refractivity (Wildman–Crippen MR) is 89.6 cm³/mol. The van der Waals surface area contributed by atoms with Crippen molar-refractivity contribution in [2.45, 2.75) is 13.6 Å². The van der Waals surface area contributed by atoms with Crippen LogP contribution in [0.3, 0.4) is 0 Å². The topological polar surface area (TPSA) is 60.5 Å². The summed E-state index contributed by atoms with van der Waals surface area (Å²) in [5.74, 6) is -0.0506. The minimum Gasteiger partial charge on any atom is -0.469 e. The number of hydrogen-bond acceptors (Lipinski definition) is 6. The smallest absolute Gasteiger partial charge is 0.309 e. The van der Waals surface area contributed by atoms with Gasteiger partial charge in [0.05, 0.1) is 19.7 Å². The number of carbonyl (C=O) groups excluding carboxylic acids is 1. The molecule has 23 heavy (non-hydrogen) atoms. The van der Waals surface area contributed by atoms with Crippen LogP contribution >= 0.6 is 23.8 Å². The molecule has 1 aromatic carbocycles. The van der Waals surface area contributed by atoms with Crippen molar-refractivity contribution in [3.05, 3.63) is 34.1 Å². The van der Waals surface area contributed by atoms with E-state index in [1.54, 1.807) is 16.8 Å². The maximum Gasteiger partial charge on any atom is 0.309 e. The molecule has 0 N–H and O–H groups in total. The summed E-state index contributed by atoms with van der Waals surface area (Å²) < 4.78 is 11.8. The molecule has 8 heteroatoms. The highest BCUT2D eigenvalue weighted by molar-refractivity contribution is 7.71. The van der Waals surface area contributed by atoms with Crippen LogP contribution in [0.25, 0.3) is 11.5 Å². The van der Waals surface area contributed by atoms with Crippen molar-refractivity contribution in [3.63, 3.8) is 0 Å². The summed E-state index contributed by atoms with van der Waals surface area (Å²) in [7, 11) is 3.25. The average molecular weight is 356 g/mol. The van der Waals surface area contributed by atoms with Gasteiger partial charge in [0.2, 0.25) is 5.89 Å². The first-order valence-electron chi connectivity index (χ1n) is 7.01. The Morgan fingerprint density at radius 2 is 2.13 bits per heavy atom. The van der Waals surface area contributed by atoms with Gasteiger partial charge in [0.15, 0.2) is 0 Å². The first-order valence-corrected chi connectivity index (χ1v) is 7.79. The number of carbonyl (C=O) groups is 1. The van der Waals surface area contributed by atoms with E-state index in [0.29, 0.717) is 24.1 Å². The SMILES string of the molecule is COC(=O)[C@@H](C)CN(C)Cn1nc(-c2ccc(Cl)cc2)oc1=S. The van der Waals surface area contributed by atoms with E-state index >= 15 is 0 Å². The lowest BCUT2D eigenvalue weighted by molar-refractivity contribution is -0.145. The summed E-state index contributed by atoms with van der Waals surface area (Å²) in [5.41, 5.74) is 0.796.